The van der Waals surface area contributed by atoms with E-state index in [2.05, 4.69) is 5.32 Å². The fraction of sp³-hybridized carbons (Fsp3) is 0.500. The Morgan fingerprint density at radius 3 is 2.95 bits per heavy atom. The molecule has 0 aromatic heterocycles. The first-order valence-electron chi connectivity index (χ1n) is 6.43. The van der Waals surface area contributed by atoms with E-state index < -0.39 is 0 Å². The first-order valence-corrected chi connectivity index (χ1v) is 6.43. The number of benzene rings is 1. The number of nitrogens with two attached hydrogens (primary N) is 1. The number of hydrogen-bond acceptors (Lipinski definition) is 4. The second kappa shape index (κ2) is 5.93. The summed E-state index contributed by atoms with van der Waals surface area (Å²) in [6, 6.07) is 5.51. The molecule has 2 atom stereocenters. The van der Waals surface area contributed by atoms with Gasteiger partial charge in [-0.05, 0) is 31.0 Å². The molecule has 1 fully saturated rings. The number of amides is 1. The number of hydrogen-bond donors (Lipinski definition) is 2. The van der Waals surface area contributed by atoms with Gasteiger partial charge in [0.15, 0.2) is 0 Å². The number of methoxy groups -OCH3 is 1. The van der Waals surface area contributed by atoms with Crippen molar-refractivity contribution >= 4 is 11.6 Å². The van der Waals surface area contributed by atoms with Crippen LogP contribution in [0.1, 0.15) is 18.9 Å². The van der Waals surface area contributed by atoms with E-state index in [4.69, 9.17) is 15.2 Å². The Labute approximate surface area is 113 Å². The van der Waals surface area contributed by atoms with Crippen LogP contribution >= 0.6 is 0 Å². The summed E-state index contributed by atoms with van der Waals surface area (Å²) in [4.78, 5) is 12.0. The van der Waals surface area contributed by atoms with Crippen molar-refractivity contribution in [2.45, 2.75) is 26.0 Å². The van der Waals surface area contributed by atoms with E-state index in [1.165, 1.54) is 0 Å². The minimum absolute atomic E-state index is 0.000867. The third kappa shape index (κ3) is 3.17. The molecule has 5 nitrogen and oxygen atoms in total. The SMILES string of the molecule is COc1ccc(CNC(=O)C2CCOC2C)cc1N. The van der Waals surface area contributed by atoms with Gasteiger partial charge in [-0.3, -0.25) is 4.79 Å². The topological polar surface area (TPSA) is 73.6 Å². The van der Waals surface area contributed by atoms with Crippen molar-refractivity contribution in [3.05, 3.63) is 23.8 Å². The molecule has 0 saturated carbocycles. The third-order valence-electron chi connectivity index (χ3n) is 3.47. The van der Waals surface area contributed by atoms with E-state index in [9.17, 15) is 4.79 Å². The lowest BCUT2D eigenvalue weighted by molar-refractivity contribution is -0.126. The van der Waals surface area contributed by atoms with E-state index in [0.717, 1.165) is 12.0 Å². The molecule has 2 rings (SSSR count). The smallest absolute Gasteiger partial charge is 0.226 e. The van der Waals surface area contributed by atoms with Gasteiger partial charge in [0.1, 0.15) is 5.75 Å². The Morgan fingerprint density at radius 2 is 2.37 bits per heavy atom. The van der Waals surface area contributed by atoms with Crippen molar-refractivity contribution in [2.75, 3.05) is 19.5 Å². The van der Waals surface area contributed by atoms with Crippen LogP contribution < -0.4 is 15.8 Å². The second-order valence-electron chi connectivity index (χ2n) is 4.77. The Kier molecular flexibility index (Phi) is 4.27. The van der Waals surface area contributed by atoms with Crippen LogP contribution in [0.5, 0.6) is 5.75 Å². The second-order valence-corrected chi connectivity index (χ2v) is 4.77. The summed E-state index contributed by atoms with van der Waals surface area (Å²) in [6.45, 7) is 3.06. The zero-order valence-corrected chi connectivity index (χ0v) is 11.3. The first kappa shape index (κ1) is 13.7. The van der Waals surface area contributed by atoms with Crippen molar-refractivity contribution < 1.29 is 14.3 Å². The fourth-order valence-corrected chi connectivity index (χ4v) is 2.29. The predicted molar refractivity (Wildman–Crippen MR) is 72.8 cm³/mol. The van der Waals surface area contributed by atoms with Crippen LogP contribution in [0, 0.1) is 5.92 Å². The van der Waals surface area contributed by atoms with E-state index in [0.29, 0.717) is 24.6 Å². The molecular formula is C14H20N2O3. The predicted octanol–water partition coefficient (Wildman–Crippen LogP) is 1.32. The van der Waals surface area contributed by atoms with Crippen molar-refractivity contribution in [2.24, 2.45) is 5.92 Å². The lowest BCUT2D eigenvalue weighted by atomic mass is 10.0. The fourth-order valence-electron chi connectivity index (χ4n) is 2.29. The van der Waals surface area contributed by atoms with E-state index >= 15 is 0 Å². The molecule has 1 aromatic rings. The molecule has 0 spiro atoms. The van der Waals surface area contributed by atoms with Gasteiger partial charge in [-0.1, -0.05) is 6.07 Å². The van der Waals surface area contributed by atoms with Crippen molar-refractivity contribution in [3.63, 3.8) is 0 Å². The van der Waals surface area contributed by atoms with Crippen LogP contribution in [0.4, 0.5) is 5.69 Å². The number of rotatable bonds is 4. The maximum absolute atomic E-state index is 12.0. The summed E-state index contributed by atoms with van der Waals surface area (Å²) >= 11 is 0. The average Bonchev–Trinajstić information content (AvgIpc) is 2.82. The van der Waals surface area contributed by atoms with Gasteiger partial charge in [-0.15, -0.1) is 0 Å². The number of carbonyl (C=O) groups excluding carboxylic acids is 1. The zero-order valence-electron chi connectivity index (χ0n) is 11.3. The standard InChI is InChI=1S/C14H20N2O3/c1-9-11(5-6-19-9)14(17)16-8-10-3-4-13(18-2)12(15)7-10/h3-4,7,9,11H,5-6,8,15H2,1-2H3,(H,16,17). The molecule has 1 saturated heterocycles. The molecule has 1 amide bonds. The van der Waals surface area contributed by atoms with Crippen LogP contribution in [0.3, 0.4) is 0 Å². The molecule has 0 radical (unpaired) electrons. The maximum atomic E-state index is 12.0. The van der Waals surface area contributed by atoms with Gasteiger partial charge in [0.25, 0.3) is 0 Å². The van der Waals surface area contributed by atoms with Crippen LogP contribution in [0.2, 0.25) is 0 Å². The number of ether oxygens (including phenoxy) is 2. The minimum atomic E-state index is -0.0457. The minimum Gasteiger partial charge on any atom is -0.495 e. The molecule has 3 N–H and O–H groups in total. The molecule has 1 aliphatic heterocycles. The zero-order chi connectivity index (χ0) is 13.8. The molecule has 19 heavy (non-hydrogen) atoms. The molecule has 5 heteroatoms. The van der Waals surface area contributed by atoms with Crippen LogP contribution in [0.25, 0.3) is 0 Å². The largest absolute Gasteiger partial charge is 0.495 e. The summed E-state index contributed by atoms with van der Waals surface area (Å²) in [7, 11) is 1.58. The molecule has 104 valence electrons. The van der Waals surface area contributed by atoms with Gasteiger partial charge >= 0.3 is 0 Å². The van der Waals surface area contributed by atoms with Gasteiger partial charge in [-0.2, -0.15) is 0 Å². The number of nitrogens with one attached hydrogen (secondary N) is 1. The highest BCUT2D eigenvalue weighted by Crippen LogP contribution is 2.23. The van der Waals surface area contributed by atoms with Gasteiger partial charge in [-0.25, -0.2) is 0 Å². The number of anilines is 1. The number of carbonyl (C=O) groups is 1. The highest BCUT2D eigenvalue weighted by Gasteiger charge is 2.30. The Balaban J connectivity index is 1.91. The van der Waals surface area contributed by atoms with Crippen molar-refractivity contribution in [3.8, 4) is 5.75 Å². The Morgan fingerprint density at radius 1 is 1.58 bits per heavy atom. The summed E-state index contributed by atoms with van der Waals surface area (Å²) in [5.74, 6) is 0.642. The van der Waals surface area contributed by atoms with Crippen molar-refractivity contribution in [1.29, 1.82) is 0 Å². The van der Waals surface area contributed by atoms with Gasteiger partial charge in [0, 0.05) is 13.2 Å². The van der Waals surface area contributed by atoms with E-state index in [1.807, 2.05) is 19.1 Å². The van der Waals surface area contributed by atoms with E-state index in [-0.39, 0.29) is 17.9 Å². The summed E-state index contributed by atoms with van der Waals surface area (Å²) in [6.07, 6.45) is 0.790. The van der Waals surface area contributed by atoms with Crippen LogP contribution in [0.15, 0.2) is 18.2 Å². The summed E-state index contributed by atoms with van der Waals surface area (Å²) in [5.41, 5.74) is 7.36. The molecule has 1 aromatic carbocycles. The lowest BCUT2D eigenvalue weighted by Crippen LogP contribution is -2.33. The highest BCUT2D eigenvalue weighted by molar-refractivity contribution is 5.79. The average molecular weight is 264 g/mol. The highest BCUT2D eigenvalue weighted by atomic mass is 16.5. The Hall–Kier alpha value is -1.75. The maximum Gasteiger partial charge on any atom is 0.226 e. The quantitative estimate of drug-likeness (QED) is 0.804. The van der Waals surface area contributed by atoms with E-state index in [1.54, 1.807) is 13.2 Å². The molecule has 1 heterocycles. The molecule has 0 aliphatic carbocycles. The molecule has 1 aliphatic rings. The van der Waals surface area contributed by atoms with Gasteiger partial charge < -0.3 is 20.5 Å². The van der Waals surface area contributed by atoms with Gasteiger partial charge in [0.2, 0.25) is 5.91 Å². The van der Waals surface area contributed by atoms with Crippen LogP contribution in [-0.4, -0.2) is 25.7 Å². The summed E-state index contributed by atoms with van der Waals surface area (Å²) < 4.78 is 10.5. The normalized spacial score (nSPS) is 22.2. The number of nitrogen functional groups attached to an aromatic ring is 1. The molecule has 2 unspecified atom stereocenters. The molecule has 0 bridgehead atoms. The van der Waals surface area contributed by atoms with Gasteiger partial charge in [0.05, 0.1) is 24.8 Å². The molecular weight excluding hydrogens is 244 g/mol. The van der Waals surface area contributed by atoms with Crippen molar-refractivity contribution in [1.82, 2.24) is 5.32 Å². The summed E-state index contributed by atoms with van der Waals surface area (Å²) in [5, 5.41) is 2.92. The first-order chi connectivity index (χ1) is 9.11. The Bertz CT molecular complexity index is 462. The monoisotopic (exact) mass is 264 g/mol. The van der Waals surface area contributed by atoms with Crippen LogP contribution in [-0.2, 0) is 16.1 Å². The lowest BCUT2D eigenvalue weighted by Gasteiger charge is -2.14. The third-order valence-corrected chi connectivity index (χ3v) is 3.47.